The molecule has 0 radical (unpaired) electrons. The first-order valence-electron chi connectivity index (χ1n) is 9.49. The van der Waals surface area contributed by atoms with Crippen molar-refractivity contribution in [2.75, 3.05) is 13.1 Å². The highest BCUT2D eigenvalue weighted by Crippen LogP contribution is 2.15. The maximum atomic E-state index is 12.5. The van der Waals surface area contributed by atoms with Crippen molar-refractivity contribution in [2.24, 2.45) is 0 Å². The number of benzene rings is 1. The monoisotopic (exact) mass is 391 g/mol. The van der Waals surface area contributed by atoms with Gasteiger partial charge in [0.2, 0.25) is 0 Å². The Bertz CT molecular complexity index is 1030. The molecule has 0 bridgehead atoms. The molecule has 1 aromatic carbocycles. The van der Waals surface area contributed by atoms with E-state index in [2.05, 4.69) is 15.5 Å². The zero-order valence-corrected chi connectivity index (χ0v) is 15.7. The molecule has 1 aliphatic rings. The lowest BCUT2D eigenvalue weighted by atomic mass is 10.0. The van der Waals surface area contributed by atoms with Crippen molar-refractivity contribution >= 4 is 11.8 Å². The van der Waals surface area contributed by atoms with Crippen molar-refractivity contribution in [3.8, 4) is 5.69 Å². The number of likely N-dealkylation sites (tertiary alicyclic amines) is 1. The molecule has 2 amide bonds. The summed E-state index contributed by atoms with van der Waals surface area (Å²) >= 11 is 0. The molecule has 1 fully saturated rings. The van der Waals surface area contributed by atoms with E-state index in [0.29, 0.717) is 31.5 Å². The molecule has 0 unspecified atom stereocenters. The molecule has 8 heteroatoms. The van der Waals surface area contributed by atoms with E-state index in [1.165, 1.54) is 12.1 Å². The minimum atomic E-state index is -0.343. The van der Waals surface area contributed by atoms with Gasteiger partial charge in [-0.25, -0.2) is 5.10 Å². The van der Waals surface area contributed by atoms with Crippen LogP contribution >= 0.6 is 0 Å². The van der Waals surface area contributed by atoms with Crippen LogP contribution in [0.2, 0.25) is 0 Å². The Kier molecular flexibility index (Phi) is 5.24. The molecular weight excluding hydrogens is 370 g/mol. The van der Waals surface area contributed by atoms with Crippen LogP contribution in [0.5, 0.6) is 0 Å². The lowest BCUT2D eigenvalue weighted by Crippen LogP contribution is -2.46. The Morgan fingerprint density at radius 3 is 2.31 bits per heavy atom. The van der Waals surface area contributed by atoms with Crippen LogP contribution in [0.1, 0.15) is 33.7 Å². The highest BCUT2D eigenvalue weighted by Gasteiger charge is 2.25. The summed E-state index contributed by atoms with van der Waals surface area (Å²) in [7, 11) is 0. The molecule has 0 saturated carbocycles. The van der Waals surface area contributed by atoms with Gasteiger partial charge in [-0.2, -0.15) is 5.10 Å². The van der Waals surface area contributed by atoms with E-state index in [-0.39, 0.29) is 29.1 Å². The van der Waals surface area contributed by atoms with Gasteiger partial charge in [0.1, 0.15) is 5.69 Å². The molecule has 3 heterocycles. The molecule has 8 nitrogen and oxygen atoms in total. The normalized spacial score (nSPS) is 14.6. The summed E-state index contributed by atoms with van der Waals surface area (Å²) in [5.41, 5.74) is 1.48. The quantitative estimate of drug-likeness (QED) is 0.705. The van der Waals surface area contributed by atoms with Crippen molar-refractivity contribution in [1.82, 2.24) is 25.0 Å². The highest BCUT2D eigenvalue weighted by atomic mass is 16.2. The predicted molar refractivity (Wildman–Crippen MR) is 107 cm³/mol. The van der Waals surface area contributed by atoms with Gasteiger partial charge in [0.15, 0.2) is 0 Å². The molecule has 2 aromatic heterocycles. The molecule has 148 valence electrons. The maximum Gasteiger partial charge on any atom is 0.274 e. The summed E-state index contributed by atoms with van der Waals surface area (Å²) < 4.78 is 1.98. The summed E-state index contributed by atoms with van der Waals surface area (Å²) in [6.45, 7) is 1.05. The second kappa shape index (κ2) is 8.14. The molecule has 2 N–H and O–H groups in total. The van der Waals surface area contributed by atoms with Gasteiger partial charge in [0.05, 0.1) is 0 Å². The Morgan fingerprint density at radius 2 is 1.69 bits per heavy atom. The average Bonchev–Trinajstić information content (AvgIpc) is 3.29. The van der Waals surface area contributed by atoms with Crippen molar-refractivity contribution in [3.05, 3.63) is 82.5 Å². The lowest BCUT2D eigenvalue weighted by Gasteiger charge is -2.32. The summed E-state index contributed by atoms with van der Waals surface area (Å²) in [6.07, 6.45) is 5.24. The number of amides is 2. The second-order valence-electron chi connectivity index (χ2n) is 6.98. The fraction of sp³-hybridized carbons (Fsp3) is 0.238. The van der Waals surface area contributed by atoms with E-state index >= 15 is 0 Å². The van der Waals surface area contributed by atoms with Crippen LogP contribution in [-0.4, -0.2) is 50.6 Å². The summed E-state index contributed by atoms with van der Waals surface area (Å²) in [5.74, 6) is -0.331. The first-order valence-corrected chi connectivity index (χ1v) is 9.49. The number of aromatic amines is 1. The van der Waals surface area contributed by atoms with E-state index in [0.717, 1.165) is 5.69 Å². The van der Waals surface area contributed by atoms with Gasteiger partial charge in [-0.05, 0) is 55.3 Å². The Hall–Kier alpha value is -3.68. The molecule has 0 spiro atoms. The number of hydrogen-bond acceptors (Lipinski definition) is 4. The zero-order valence-electron chi connectivity index (χ0n) is 15.7. The second-order valence-corrected chi connectivity index (χ2v) is 6.98. The first-order chi connectivity index (χ1) is 14.1. The maximum absolute atomic E-state index is 12.5. The number of aromatic nitrogens is 3. The zero-order chi connectivity index (χ0) is 20.2. The van der Waals surface area contributed by atoms with E-state index in [4.69, 9.17) is 0 Å². The number of piperidine rings is 1. The molecule has 1 saturated heterocycles. The van der Waals surface area contributed by atoms with Crippen LogP contribution in [0, 0.1) is 0 Å². The summed E-state index contributed by atoms with van der Waals surface area (Å²) in [6, 6.07) is 14.1. The number of nitrogens with one attached hydrogen (secondary N) is 2. The minimum Gasteiger partial charge on any atom is -0.349 e. The molecule has 0 atom stereocenters. The smallest absolute Gasteiger partial charge is 0.274 e. The molecule has 29 heavy (non-hydrogen) atoms. The average molecular weight is 391 g/mol. The van der Waals surface area contributed by atoms with E-state index in [1.807, 2.05) is 53.4 Å². The van der Waals surface area contributed by atoms with Crippen molar-refractivity contribution in [2.45, 2.75) is 18.9 Å². The number of rotatable bonds is 4. The van der Waals surface area contributed by atoms with Crippen LogP contribution in [0.15, 0.2) is 65.7 Å². The fourth-order valence-corrected chi connectivity index (χ4v) is 3.41. The van der Waals surface area contributed by atoms with Crippen LogP contribution in [-0.2, 0) is 0 Å². The largest absolute Gasteiger partial charge is 0.349 e. The number of nitrogens with zero attached hydrogens (tertiary/aromatic N) is 3. The highest BCUT2D eigenvalue weighted by molar-refractivity contribution is 5.94. The molecular formula is C21H21N5O3. The molecule has 4 rings (SSSR count). The fourth-order valence-electron chi connectivity index (χ4n) is 3.41. The van der Waals surface area contributed by atoms with E-state index in [9.17, 15) is 14.4 Å². The molecule has 1 aliphatic heterocycles. The third-order valence-corrected chi connectivity index (χ3v) is 5.05. The van der Waals surface area contributed by atoms with E-state index in [1.54, 1.807) is 4.90 Å². The Labute approximate surface area is 167 Å². The standard InChI is InChI=1S/C21H21N5O3/c27-19-8-7-18(23-24-19)21(29)26-13-9-16(10-14-26)22-20(28)15-3-5-17(6-4-15)25-11-1-2-12-25/h1-8,11-12,16H,9-10,13-14H2,(H,22,28)(H,24,27). The van der Waals surface area contributed by atoms with Crippen molar-refractivity contribution in [1.29, 1.82) is 0 Å². The number of carbonyl (C=O) groups is 2. The molecule has 3 aromatic rings. The van der Waals surface area contributed by atoms with Crippen molar-refractivity contribution in [3.63, 3.8) is 0 Å². The minimum absolute atomic E-state index is 0.0132. The Morgan fingerprint density at radius 1 is 1.00 bits per heavy atom. The van der Waals surface area contributed by atoms with Gasteiger partial charge in [0, 0.05) is 48.8 Å². The predicted octanol–water partition coefficient (Wildman–Crippen LogP) is 1.60. The third kappa shape index (κ3) is 4.26. The van der Waals surface area contributed by atoms with Crippen LogP contribution < -0.4 is 10.9 Å². The van der Waals surface area contributed by atoms with Crippen molar-refractivity contribution < 1.29 is 9.59 Å². The number of hydrogen-bond donors (Lipinski definition) is 2. The Balaban J connectivity index is 1.31. The van der Waals surface area contributed by atoms with Crippen LogP contribution in [0.4, 0.5) is 0 Å². The number of carbonyl (C=O) groups excluding carboxylic acids is 2. The lowest BCUT2D eigenvalue weighted by molar-refractivity contribution is 0.0691. The number of H-pyrrole nitrogens is 1. The van der Waals surface area contributed by atoms with Gasteiger partial charge < -0.3 is 14.8 Å². The van der Waals surface area contributed by atoms with Gasteiger partial charge >= 0.3 is 0 Å². The third-order valence-electron chi connectivity index (χ3n) is 5.05. The van der Waals surface area contributed by atoms with Gasteiger partial charge in [-0.1, -0.05) is 0 Å². The van der Waals surface area contributed by atoms with Gasteiger partial charge in [-0.15, -0.1) is 0 Å². The summed E-state index contributed by atoms with van der Waals surface area (Å²) in [5, 5.41) is 9.11. The van der Waals surface area contributed by atoms with Gasteiger partial charge in [0.25, 0.3) is 17.4 Å². The van der Waals surface area contributed by atoms with E-state index < -0.39 is 0 Å². The topological polar surface area (TPSA) is 100 Å². The molecule has 0 aliphatic carbocycles. The SMILES string of the molecule is O=C(NC1CCN(C(=O)c2ccc(=O)[nH]n2)CC1)c1ccc(-n2cccc2)cc1. The summed E-state index contributed by atoms with van der Waals surface area (Å²) in [4.78, 5) is 37.7. The van der Waals surface area contributed by atoms with Crippen LogP contribution in [0.25, 0.3) is 5.69 Å². The van der Waals surface area contributed by atoms with Crippen LogP contribution in [0.3, 0.4) is 0 Å². The van der Waals surface area contributed by atoms with Gasteiger partial charge in [-0.3, -0.25) is 14.4 Å². The first kappa shape index (κ1) is 18.7.